The Hall–Kier alpha value is -1.72. The van der Waals surface area contributed by atoms with Crippen molar-refractivity contribution in [1.82, 2.24) is 14.8 Å². The van der Waals surface area contributed by atoms with Gasteiger partial charge in [0, 0.05) is 19.2 Å². The maximum atomic E-state index is 5.77. The molecule has 0 unspecified atom stereocenters. The van der Waals surface area contributed by atoms with Crippen molar-refractivity contribution in [2.24, 2.45) is 5.73 Å². The Morgan fingerprint density at radius 2 is 1.90 bits per heavy atom. The Labute approximate surface area is 126 Å². The molecule has 0 saturated carbocycles. The number of benzene rings is 1. The van der Waals surface area contributed by atoms with Crippen LogP contribution in [0.25, 0.3) is 11.4 Å². The van der Waals surface area contributed by atoms with Gasteiger partial charge < -0.3 is 15.0 Å². The molecule has 1 aromatic heterocycles. The molecule has 0 bridgehead atoms. The average Bonchev–Trinajstić information content (AvgIpc) is 2.86. The zero-order valence-electron chi connectivity index (χ0n) is 13.3. The van der Waals surface area contributed by atoms with Crippen LogP contribution in [0.15, 0.2) is 24.3 Å². The van der Waals surface area contributed by atoms with E-state index in [0.717, 1.165) is 17.2 Å². The van der Waals surface area contributed by atoms with Crippen LogP contribution in [0.2, 0.25) is 0 Å². The second-order valence-corrected chi connectivity index (χ2v) is 6.08. The highest BCUT2D eigenvalue weighted by Gasteiger charge is 2.22. The van der Waals surface area contributed by atoms with E-state index in [4.69, 9.17) is 10.5 Å². The molecule has 114 valence electrons. The molecule has 0 radical (unpaired) electrons. The number of hydrogen-bond acceptors (Lipinski definition) is 4. The quantitative estimate of drug-likeness (QED) is 0.917. The van der Waals surface area contributed by atoms with Crippen LogP contribution in [-0.4, -0.2) is 28.5 Å². The van der Waals surface area contributed by atoms with Gasteiger partial charge in [0.15, 0.2) is 5.82 Å². The molecule has 0 amide bonds. The molecular formula is C16H24N4O. The van der Waals surface area contributed by atoms with Crippen LogP contribution in [0.1, 0.15) is 32.2 Å². The van der Waals surface area contributed by atoms with E-state index >= 15 is 0 Å². The lowest BCUT2D eigenvalue weighted by Crippen LogP contribution is -2.16. The topological polar surface area (TPSA) is 66.0 Å². The maximum absolute atomic E-state index is 5.77. The highest BCUT2D eigenvalue weighted by molar-refractivity contribution is 5.62. The predicted octanol–water partition coefficient (Wildman–Crippen LogP) is 2.35. The highest BCUT2D eigenvalue weighted by atomic mass is 16.5. The van der Waals surface area contributed by atoms with Gasteiger partial charge in [0.05, 0.1) is 13.2 Å². The van der Waals surface area contributed by atoms with Crippen LogP contribution in [-0.2, 0) is 23.2 Å². The molecule has 0 saturated heterocycles. The minimum Gasteiger partial charge on any atom is -0.383 e. The monoisotopic (exact) mass is 288 g/mol. The fraction of sp³-hybridized carbons (Fsp3) is 0.500. The fourth-order valence-electron chi connectivity index (χ4n) is 2.44. The van der Waals surface area contributed by atoms with E-state index in [2.05, 4.69) is 49.2 Å². The summed E-state index contributed by atoms with van der Waals surface area (Å²) < 4.78 is 7.24. The molecule has 0 atom stereocenters. The molecule has 1 aromatic carbocycles. The number of aromatic nitrogens is 3. The minimum absolute atomic E-state index is 0.0392. The largest absolute Gasteiger partial charge is 0.383 e. The number of ether oxygens (including phenoxy) is 1. The van der Waals surface area contributed by atoms with Crippen molar-refractivity contribution in [3.8, 4) is 11.4 Å². The number of rotatable bonds is 5. The molecule has 0 fully saturated rings. The van der Waals surface area contributed by atoms with Gasteiger partial charge in [-0.15, -0.1) is 10.2 Å². The van der Waals surface area contributed by atoms with Crippen molar-refractivity contribution >= 4 is 0 Å². The molecule has 0 aliphatic carbocycles. The minimum atomic E-state index is 0.0392. The summed E-state index contributed by atoms with van der Waals surface area (Å²) >= 11 is 0. The lowest BCUT2D eigenvalue weighted by molar-refractivity contribution is 0.186. The van der Waals surface area contributed by atoms with E-state index in [0.29, 0.717) is 19.7 Å². The molecular weight excluding hydrogens is 264 g/mol. The maximum Gasteiger partial charge on any atom is 0.164 e. The second-order valence-electron chi connectivity index (χ2n) is 6.08. The Bertz CT molecular complexity index is 599. The number of nitrogens with two attached hydrogens (primary N) is 1. The number of nitrogens with zero attached hydrogens (tertiary/aromatic N) is 3. The van der Waals surface area contributed by atoms with Gasteiger partial charge in [-0.25, -0.2) is 0 Å². The van der Waals surface area contributed by atoms with Crippen LogP contribution in [0.3, 0.4) is 0 Å². The first-order valence-electron chi connectivity index (χ1n) is 7.20. The number of hydrogen-bond donors (Lipinski definition) is 1. The first-order valence-corrected chi connectivity index (χ1v) is 7.20. The van der Waals surface area contributed by atoms with Crippen molar-refractivity contribution < 1.29 is 4.74 Å². The molecule has 2 rings (SSSR count). The van der Waals surface area contributed by atoms with E-state index in [9.17, 15) is 0 Å². The SMILES string of the molecule is COCCn1c(CN)nnc1-c1ccccc1C(C)(C)C. The van der Waals surface area contributed by atoms with Crippen LogP contribution >= 0.6 is 0 Å². The summed E-state index contributed by atoms with van der Waals surface area (Å²) in [5, 5.41) is 8.58. The van der Waals surface area contributed by atoms with Gasteiger partial charge in [0.1, 0.15) is 5.82 Å². The molecule has 5 nitrogen and oxygen atoms in total. The first kappa shape index (κ1) is 15.7. The van der Waals surface area contributed by atoms with E-state index < -0.39 is 0 Å². The molecule has 21 heavy (non-hydrogen) atoms. The summed E-state index contributed by atoms with van der Waals surface area (Å²) in [5.74, 6) is 1.64. The summed E-state index contributed by atoms with van der Waals surface area (Å²) in [6.07, 6.45) is 0. The number of methoxy groups -OCH3 is 1. The van der Waals surface area contributed by atoms with Crippen LogP contribution in [0.5, 0.6) is 0 Å². The van der Waals surface area contributed by atoms with Crippen molar-refractivity contribution in [1.29, 1.82) is 0 Å². The van der Waals surface area contributed by atoms with Crippen molar-refractivity contribution in [2.45, 2.75) is 39.3 Å². The van der Waals surface area contributed by atoms with Gasteiger partial charge in [-0.2, -0.15) is 0 Å². The average molecular weight is 288 g/mol. The van der Waals surface area contributed by atoms with Crippen molar-refractivity contribution in [3.63, 3.8) is 0 Å². The third kappa shape index (κ3) is 3.31. The Morgan fingerprint density at radius 3 is 2.52 bits per heavy atom. The second kappa shape index (κ2) is 6.37. The van der Waals surface area contributed by atoms with Crippen molar-refractivity contribution in [3.05, 3.63) is 35.7 Å². The Kier molecular flexibility index (Phi) is 4.75. The molecule has 0 spiro atoms. The van der Waals surface area contributed by atoms with E-state index in [1.165, 1.54) is 5.56 Å². The van der Waals surface area contributed by atoms with E-state index in [1.807, 2.05) is 10.6 Å². The highest BCUT2D eigenvalue weighted by Crippen LogP contribution is 2.32. The summed E-state index contributed by atoms with van der Waals surface area (Å²) in [4.78, 5) is 0. The molecule has 0 aliphatic heterocycles. The van der Waals surface area contributed by atoms with Gasteiger partial charge in [-0.05, 0) is 11.0 Å². The van der Waals surface area contributed by atoms with Gasteiger partial charge in [0.25, 0.3) is 0 Å². The summed E-state index contributed by atoms with van der Waals surface area (Å²) in [7, 11) is 1.69. The lowest BCUT2D eigenvalue weighted by Gasteiger charge is -2.22. The zero-order chi connectivity index (χ0) is 15.5. The Morgan fingerprint density at radius 1 is 1.19 bits per heavy atom. The first-order chi connectivity index (χ1) is 9.99. The third-order valence-corrected chi connectivity index (χ3v) is 3.50. The van der Waals surface area contributed by atoms with Crippen LogP contribution in [0.4, 0.5) is 0 Å². The molecule has 1 heterocycles. The summed E-state index contributed by atoms with van der Waals surface area (Å²) in [5.41, 5.74) is 8.17. The van der Waals surface area contributed by atoms with Gasteiger partial charge in [0.2, 0.25) is 0 Å². The zero-order valence-corrected chi connectivity index (χ0v) is 13.3. The smallest absolute Gasteiger partial charge is 0.164 e. The molecule has 2 aromatic rings. The predicted molar refractivity (Wildman–Crippen MR) is 83.9 cm³/mol. The van der Waals surface area contributed by atoms with E-state index in [1.54, 1.807) is 7.11 Å². The summed E-state index contributed by atoms with van der Waals surface area (Å²) in [6.45, 7) is 8.27. The molecule has 0 aliphatic rings. The third-order valence-electron chi connectivity index (χ3n) is 3.50. The van der Waals surface area contributed by atoms with Crippen LogP contribution in [0, 0.1) is 0 Å². The van der Waals surface area contributed by atoms with Gasteiger partial charge in [-0.3, -0.25) is 0 Å². The van der Waals surface area contributed by atoms with E-state index in [-0.39, 0.29) is 5.41 Å². The standard InChI is InChI=1S/C16H24N4O/c1-16(2,3)13-8-6-5-7-12(13)15-19-18-14(11-17)20(15)9-10-21-4/h5-8H,9-11,17H2,1-4H3. The van der Waals surface area contributed by atoms with Gasteiger partial charge in [-0.1, -0.05) is 45.0 Å². The normalized spacial score (nSPS) is 11.9. The fourth-order valence-corrected chi connectivity index (χ4v) is 2.44. The summed E-state index contributed by atoms with van der Waals surface area (Å²) in [6, 6.07) is 8.33. The van der Waals surface area contributed by atoms with Crippen LogP contribution < -0.4 is 5.73 Å². The molecule has 5 heteroatoms. The van der Waals surface area contributed by atoms with Gasteiger partial charge >= 0.3 is 0 Å². The van der Waals surface area contributed by atoms with Crippen molar-refractivity contribution in [2.75, 3.05) is 13.7 Å². The lowest BCUT2D eigenvalue weighted by atomic mass is 9.83. The molecule has 2 N–H and O–H groups in total. The Balaban J connectivity index is 2.54.